The predicted molar refractivity (Wildman–Crippen MR) is 84.9 cm³/mol. The minimum Gasteiger partial charge on any atom is -0.326 e. The van der Waals surface area contributed by atoms with Gasteiger partial charge in [-0.1, -0.05) is 48.2 Å². The fourth-order valence-electron chi connectivity index (χ4n) is 2.20. The van der Waals surface area contributed by atoms with Crippen LogP contribution in [0.15, 0.2) is 64.5 Å². The first-order chi connectivity index (χ1) is 9.79. The first-order valence-corrected chi connectivity index (χ1v) is 7.41. The Kier molecular flexibility index (Phi) is 3.72. The van der Waals surface area contributed by atoms with E-state index in [0.717, 1.165) is 11.1 Å². The van der Waals surface area contributed by atoms with Gasteiger partial charge in [-0.2, -0.15) is 0 Å². The molecule has 0 spiro atoms. The maximum Gasteiger partial charge on any atom is 0.0713 e. The summed E-state index contributed by atoms with van der Waals surface area (Å²) < 4.78 is 0. The van der Waals surface area contributed by atoms with Crippen LogP contribution in [0.4, 0.5) is 0 Å². The first kappa shape index (κ1) is 13.2. The number of pyridine rings is 1. The van der Waals surface area contributed by atoms with E-state index in [1.54, 1.807) is 11.8 Å². The number of nitrogens with two attached hydrogens (primary N) is 1. The molecular formula is C17H16N2S. The van der Waals surface area contributed by atoms with Gasteiger partial charge in [0, 0.05) is 27.9 Å². The van der Waals surface area contributed by atoms with Crippen molar-refractivity contribution in [3.05, 3.63) is 65.9 Å². The smallest absolute Gasteiger partial charge is 0.0713 e. The molecule has 2 aromatic carbocycles. The van der Waals surface area contributed by atoms with Crippen LogP contribution in [0.1, 0.15) is 11.1 Å². The van der Waals surface area contributed by atoms with Crippen molar-refractivity contribution in [2.75, 3.05) is 0 Å². The maximum atomic E-state index is 5.88. The van der Waals surface area contributed by atoms with Crippen molar-refractivity contribution < 1.29 is 0 Å². The van der Waals surface area contributed by atoms with Gasteiger partial charge in [0.2, 0.25) is 0 Å². The first-order valence-electron chi connectivity index (χ1n) is 6.60. The molecule has 2 N–H and O–H groups in total. The van der Waals surface area contributed by atoms with Crippen LogP contribution in [0.2, 0.25) is 0 Å². The Bertz CT molecular complexity index is 753. The monoisotopic (exact) mass is 280 g/mol. The number of benzene rings is 2. The van der Waals surface area contributed by atoms with Crippen molar-refractivity contribution in [3.63, 3.8) is 0 Å². The fraction of sp³-hybridized carbons (Fsp3) is 0.118. The molecule has 20 heavy (non-hydrogen) atoms. The second-order valence-corrected chi connectivity index (χ2v) is 5.75. The molecule has 1 aromatic heterocycles. The summed E-state index contributed by atoms with van der Waals surface area (Å²) >= 11 is 1.77. The second kappa shape index (κ2) is 5.65. The van der Waals surface area contributed by atoms with E-state index in [9.17, 15) is 0 Å². The Labute approximate surface area is 123 Å². The number of rotatable bonds is 3. The summed E-state index contributed by atoms with van der Waals surface area (Å²) in [6.45, 7) is 2.64. The molecule has 100 valence electrons. The molecule has 0 unspecified atom stereocenters. The summed E-state index contributed by atoms with van der Waals surface area (Å²) in [7, 11) is 0. The van der Waals surface area contributed by atoms with E-state index in [4.69, 9.17) is 5.73 Å². The quantitative estimate of drug-likeness (QED) is 0.783. The lowest BCUT2D eigenvalue weighted by atomic mass is 10.1. The molecule has 0 amide bonds. The molecule has 3 rings (SSSR count). The van der Waals surface area contributed by atoms with E-state index in [0.29, 0.717) is 6.54 Å². The lowest BCUT2D eigenvalue weighted by molar-refractivity contribution is 1.02. The molecule has 0 fully saturated rings. The van der Waals surface area contributed by atoms with Crippen LogP contribution in [0.5, 0.6) is 0 Å². The van der Waals surface area contributed by atoms with E-state index < -0.39 is 0 Å². The van der Waals surface area contributed by atoms with E-state index in [-0.39, 0.29) is 0 Å². The molecule has 0 aliphatic heterocycles. The van der Waals surface area contributed by atoms with Crippen molar-refractivity contribution in [3.8, 4) is 0 Å². The van der Waals surface area contributed by atoms with Crippen molar-refractivity contribution in [1.82, 2.24) is 4.98 Å². The average Bonchev–Trinajstić information content (AvgIpc) is 2.50. The van der Waals surface area contributed by atoms with Crippen LogP contribution in [0.25, 0.3) is 10.9 Å². The van der Waals surface area contributed by atoms with Gasteiger partial charge in [-0.3, -0.25) is 4.98 Å². The number of fused-ring (bicyclic) bond motifs is 1. The largest absolute Gasteiger partial charge is 0.326 e. The third kappa shape index (κ3) is 2.42. The molecule has 0 bridgehead atoms. The Morgan fingerprint density at radius 3 is 2.60 bits per heavy atom. The highest BCUT2D eigenvalue weighted by Crippen LogP contribution is 2.36. The van der Waals surface area contributed by atoms with Gasteiger partial charge in [0.05, 0.1) is 5.52 Å². The van der Waals surface area contributed by atoms with E-state index in [2.05, 4.69) is 42.2 Å². The number of hydrogen-bond donors (Lipinski definition) is 1. The molecule has 0 saturated heterocycles. The molecule has 0 aliphatic rings. The Hall–Kier alpha value is -1.84. The minimum absolute atomic E-state index is 0.506. The van der Waals surface area contributed by atoms with Gasteiger partial charge in [-0.25, -0.2) is 0 Å². The van der Waals surface area contributed by atoms with Crippen LogP contribution in [0.3, 0.4) is 0 Å². The summed E-state index contributed by atoms with van der Waals surface area (Å²) in [5.41, 5.74) is 9.27. The van der Waals surface area contributed by atoms with Crippen LogP contribution in [0, 0.1) is 6.92 Å². The van der Waals surface area contributed by atoms with Gasteiger partial charge < -0.3 is 5.73 Å². The molecule has 3 heteroatoms. The molecule has 0 saturated carbocycles. The van der Waals surface area contributed by atoms with Gasteiger partial charge in [0.15, 0.2) is 0 Å². The van der Waals surface area contributed by atoms with Crippen LogP contribution < -0.4 is 5.73 Å². The van der Waals surface area contributed by atoms with Crippen LogP contribution >= 0.6 is 11.8 Å². The summed E-state index contributed by atoms with van der Waals surface area (Å²) in [6, 6.07) is 16.6. The van der Waals surface area contributed by atoms with E-state index in [1.165, 1.54) is 20.7 Å². The van der Waals surface area contributed by atoms with E-state index >= 15 is 0 Å². The fourth-order valence-corrected chi connectivity index (χ4v) is 3.35. The summed E-state index contributed by atoms with van der Waals surface area (Å²) in [6.07, 6.45) is 1.89. The lowest BCUT2D eigenvalue weighted by Crippen LogP contribution is -2.00. The summed E-state index contributed by atoms with van der Waals surface area (Å²) in [4.78, 5) is 6.96. The molecule has 1 heterocycles. The average molecular weight is 280 g/mol. The zero-order valence-corrected chi connectivity index (χ0v) is 12.2. The number of aryl methyl sites for hydroxylation is 1. The summed E-state index contributed by atoms with van der Waals surface area (Å²) in [5.74, 6) is 0. The van der Waals surface area contributed by atoms with Crippen molar-refractivity contribution in [2.45, 2.75) is 23.3 Å². The highest BCUT2D eigenvalue weighted by Gasteiger charge is 2.10. The van der Waals surface area contributed by atoms with Crippen molar-refractivity contribution >= 4 is 22.7 Å². The Balaban J connectivity index is 2.16. The highest BCUT2D eigenvalue weighted by atomic mass is 32.2. The van der Waals surface area contributed by atoms with Crippen LogP contribution in [-0.2, 0) is 6.54 Å². The molecule has 0 atom stereocenters. The van der Waals surface area contributed by atoms with Gasteiger partial charge in [-0.05, 0) is 30.2 Å². The minimum atomic E-state index is 0.506. The van der Waals surface area contributed by atoms with Gasteiger partial charge >= 0.3 is 0 Å². The van der Waals surface area contributed by atoms with Gasteiger partial charge in [0.25, 0.3) is 0 Å². The van der Waals surface area contributed by atoms with E-state index in [1.807, 2.05) is 24.4 Å². The summed E-state index contributed by atoms with van der Waals surface area (Å²) in [5, 5.41) is 1.17. The third-order valence-corrected chi connectivity index (χ3v) is 4.69. The van der Waals surface area contributed by atoms with Gasteiger partial charge in [0.1, 0.15) is 0 Å². The molecular weight excluding hydrogens is 264 g/mol. The standard InChI is InChI=1S/C17H16N2S/c1-12-6-2-5-9-16(12)20-17-13(10-18)11-19-15-8-4-3-7-14(15)17/h2-9,11H,10,18H2,1H3. The van der Waals surface area contributed by atoms with Crippen LogP contribution in [-0.4, -0.2) is 4.98 Å². The maximum absolute atomic E-state index is 5.88. The predicted octanol–water partition coefficient (Wildman–Crippen LogP) is 4.15. The zero-order chi connectivity index (χ0) is 13.9. The second-order valence-electron chi connectivity index (χ2n) is 4.70. The molecule has 0 radical (unpaired) electrons. The Morgan fingerprint density at radius 2 is 1.80 bits per heavy atom. The SMILES string of the molecule is Cc1ccccc1Sc1c(CN)cnc2ccccc12. The third-order valence-electron chi connectivity index (χ3n) is 3.33. The van der Waals surface area contributed by atoms with Gasteiger partial charge in [-0.15, -0.1) is 0 Å². The number of para-hydroxylation sites is 1. The number of nitrogens with zero attached hydrogens (tertiary/aromatic N) is 1. The van der Waals surface area contributed by atoms with Crippen molar-refractivity contribution in [2.24, 2.45) is 5.73 Å². The van der Waals surface area contributed by atoms with Crippen molar-refractivity contribution in [1.29, 1.82) is 0 Å². The molecule has 2 nitrogen and oxygen atoms in total. The number of aromatic nitrogens is 1. The lowest BCUT2D eigenvalue weighted by Gasteiger charge is -2.12. The molecule has 0 aliphatic carbocycles. The Morgan fingerprint density at radius 1 is 1.05 bits per heavy atom. The normalized spacial score (nSPS) is 10.9. The highest BCUT2D eigenvalue weighted by molar-refractivity contribution is 7.99. The topological polar surface area (TPSA) is 38.9 Å². The zero-order valence-electron chi connectivity index (χ0n) is 11.3. The molecule has 3 aromatic rings. The number of hydrogen-bond acceptors (Lipinski definition) is 3.